The molecular weight excluding hydrogens is 398 g/mol. The monoisotopic (exact) mass is 423 g/mol. The molecule has 0 bridgehead atoms. The van der Waals surface area contributed by atoms with Crippen LogP contribution in [0.5, 0.6) is 0 Å². The largest absolute Gasteiger partial charge is 0.309 e. The Bertz CT molecular complexity index is 1730. The molecule has 1 aliphatic carbocycles. The van der Waals surface area contributed by atoms with E-state index in [0.29, 0.717) is 0 Å². The molecule has 0 N–H and O–H groups in total. The molecule has 1 aromatic heterocycles. The van der Waals surface area contributed by atoms with Gasteiger partial charge in [0.2, 0.25) is 0 Å². The maximum absolute atomic E-state index is 2.44. The van der Waals surface area contributed by atoms with Gasteiger partial charge in [-0.05, 0) is 70.3 Å². The molecule has 0 radical (unpaired) electrons. The first-order valence-electron chi connectivity index (χ1n) is 11.7. The smallest absolute Gasteiger partial charge is 0.0547 e. The number of benzene rings is 5. The molecule has 0 unspecified atom stereocenters. The van der Waals surface area contributed by atoms with E-state index in [-0.39, 0.29) is 5.41 Å². The van der Waals surface area contributed by atoms with Crippen LogP contribution in [0.2, 0.25) is 0 Å². The number of para-hydroxylation sites is 1. The molecule has 5 aromatic carbocycles. The third-order valence-corrected chi connectivity index (χ3v) is 7.65. The van der Waals surface area contributed by atoms with Crippen molar-refractivity contribution in [2.45, 2.75) is 26.2 Å². The lowest BCUT2D eigenvalue weighted by atomic mass is 9.82. The second-order valence-corrected chi connectivity index (χ2v) is 9.94. The highest BCUT2D eigenvalue weighted by molar-refractivity contribution is 6.16. The molecule has 0 saturated heterocycles. The highest BCUT2D eigenvalue weighted by atomic mass is 15.0. The average Bonchev–Trinajstić information content (AvgIpc) is 3.27. The van der Waals surface area contributed by atoms with E-state index in [1.54, 1.807) is 0 Å². The number of rotatable bonds is 1. The lowest BCUT2D eigenvalue weighted by molar-refractivity contribution is 0.661. The van der Waals surface area contributed by atoms with E-state index in [0.717, 1.165) is 0 Å². The van der Waals surface area contributed by atoms with Crippen LogP contribution in [-0.2, 0) is 5.41 Å². The van der Waals surface area contributed by atoms with Crippen molar-refractivity contribution in [2.75, 3.05) is 0 Å². The topological polar surface area (TPSA) is 4.93 Å². The quantitative estimate of drug-likeness (QED) is 0.250. The third-order valence-electron chi connectivity index (χ3n) is 7.65. The summed E-state index contributed by atoms with van der Waals surface area (Å²) in [6.45, 7) is 6.85. The average molecular weight is 424 g/mol. The minimum atomic E-state index is 0.0188. The van der Waals surface area contributed by atoms with Crippen LogP contribution in [0.1, 0.15) is 30.5 Å². The van der Waals surface area contributed by atoms with Crippen molar-refractivity contribution in [1.82, 2.24) is 4.57 Å². The van der Waals surface area contributed by atoms with Crippen molar-refractivity contribution < 1.29 is 0 Å². The molecule has 158 valence electrons. The summed E-state index contributed by atoms with van der Waals surface area (Å²) in [5.41, 5.74) is 10.7. The zero-order valence-electron chi connectivity index (χ0n) is 19.2. The van der Waals surface area contributed by atoms with E-state index in [9.17, 15) is 0 Å². The first kappa shape index (κ1) is 18.7. The van der Waals surface area contributed by atoms with E-state index < -0.39 is 0 Å². The van der Waals surface area contributed by atoms with Crippen LogP contribution in [0.25, 0.3) is 49.4 Å². The van der Waals surface area contributed by atoms with Crippen LogP contribution in [-0.4, -0.2) is 4.57 Å². The van der Waals surface area contributed by atoms with Gasteiger partial charge in [0.1, 0.15) is 0 Å². The van der Waals surface area contributed by atoms with Crippen LogP contribution in [0.15, 0.2) is 97.1 Å². The fourth-order valence-corrected chi connectivity index (χ4v) is 5.96. The van der Waals surface area contributed by atoms with Gasteiger partial charge < -0.3 is 4.57 Å². The van der Waals surface area contributed by atoms with Gasteiger partial charge in [0, 0.05) is 21.9 Å². The Balaban J connectivity index is 1.64. The molecule has 0 aliphatic heterocycles. The predicted molar refractivity (Wildman–Crippen MR) is 141 cm³/mol. The van der Waals surface area contributed by atoms with Crippen molar-refractivity contribution in [2.24, 2.45) is 0 Å². The molecular formula is C32H25N. The van der Waals surface area contributed by atoms with E-state index >= 15 is 0 Å². The maximum atomic E-state index is 2.44. The molecule has 1 aliphatic rings. The van der Waals surface area contributed by atoms with Crippen molar-refractivity contribution >= 4 is 32.6 Å². The molecule has 0 atom stereocenters. The van der Waals surface area contributed by atoms with E-state index in [1.165, 1.54) is 66.1 Å². The van der Waals surface area contributed by atoms with Crippen molar-refractivity contribution in [1.29, 1.82) is 0 Å². The summed E-state index contributed by atoms with van der Waals surface area (Å²) in [6.07, 6.45) is 0. The molecule has 1 nitrogen and oxygen atoms in total. The Hall–Kier alpha value is -3.84. The summed E-state index contributed by atoms with van der Waals surface area (Å²) in [5.74, 6) is 0. The van der Waals surface area contributed by atoms with Gasteiger partial charge in [0.25, 0.3) is 0 Å². The second kappa shape index (κ2) is 6.36. The van der Waals surface area contributed by atoms with Gasteiger partial charge in [-0.2, -0.15) is 0 Å². The third kappa shape index (κ3) is 2.42. The van der Waals surface area contributed by atoms with Crippen LogP contribution in [0.3, 0.4) is 0 Å². The Kier molecular flexibility index (Phi) is 3.60. The number of fused-ring (bicyclic) bond motifs is 8. The van der Waals surface area contributed by atoms with Gasteiger partial charge in [-0.3, -0.25) is 0 Å². The normalized spacial score (nSPS) is 14.2. The van der Waals surface area contributed by atoms with Crippen molar-refractivity contribution in [3.05, 3.63) is 114 Å². The zero-order chi connectivity index (χ0) is 22.3. The van der Waals surface area contributed by atoms with Gasteiger partial charge in [-0.1, -0.05) is 86.1 Å². The maximum Gasteiger partial charge on any atom is 0.0547 e. The summed E-state index contributed by atoms with van der Waals surface area (Å²) in [6, 6.07) is 36.1. The van der Waals surface area contributed by atoms with Gasteiger partial charge in [0.05, 0.1) is 11.0 Å². The molecule has 33 heavy (non-hydrogen) atoms. The van der Waals surface area contributed by atoms with Gasteiger partial charge in [0.15, 0.2) is 0 Å². The summed E-state index contributed by atoms with van der Waals surface area (Å²) in [7, 11) is 0. The molecule has 0 amide bonds. The fourth-order valence-electron chi connectivity index (χ4n) is 5.96. The minimum Gasteiger partial charge on any atom is -0.309 e. The number of hydrogen-bond acceptors (Lipinski definition) is 0. The predicted octanol–water partition coefficient (Wildman–Crippen LogP) is 8.55. The summed E-state index contributed by atoms with van der Waals surface area (Å²) in [5, 5.41) is 5.27. The Morgan fingerprint density at radius 3 is 2.21 bits per heavy atom. The fraction of sp³-hybridized carbons (Fsp3) is 0.125. The Morgan fingerprint density at radius 1 is 0.606 bits per heavy atom. The summed E-state index contributed by atoms with van der Waals surface area (Å²) in [4.78, 5) is 0. The molecule has 1 heteroatoms. The van der Waals surface area contributed by atoms with Crippen molar-refractivity contribution in [3.63, 3.8) is 0 Å². The standard InChI is InChI=1S/C32H25N/c1-20-12-15-22(16-13-20)33-29-11-7-5-8-23(29)26-19-25-21(18-30(26)33)14-17-28-31(25)24-9-4-6-10-27(24)32(28,2)3/h4-19H,1-3H3. The van der Waals surface area contributed by atoms with E-state index in [4.69, 9.17) is 0 Å². The van der Waals surface area contributed by atoms with E-state index in [1.807, 2.05) is 0 Å². The van der Waals surface area contributed by atoms with E-state index in [2.05, 4.69) is 122 Å². The molecule has 7 rings (SSSR count). The number of aromatic nitrogens is 1. The molecule has 0 spiro atoms. The molecule has 6 aromatic rings. The lowest BCUT2D eigenvalue weighted by Gasteiger charge is -2.21. The highest BCUT2D eigenvalue weighted by Crippen LogP contribution is 2.51. The Morgan fingerprint density at radius 2 is 1.36 bits per heavy atom. The first-order chi connectivity index (χ1) is 16.0. The molecule has 0 saturated carbocycles. The second-order valence-electron chi connectivity index (χ2n) is 9.94. The minimum absolute atomic E-state index is 0.0188. The summed E-state index contributed by atoms with van der Waals surface area (Å²) < 4.78 is 2.41. The van der Waals surface area contributed by atoms with Gasteiger partial charge in [-0.25, -0.2) is 0 Å². The molecule has 1 heterocycles. The number of nitrogens with zero attached hydrogens (tertiary/aromatic N) is 1. The molecule has 0 fully saturated rings. The van der Waals surface area contributed by atoms with Gasteiger partial charge >= 0.3 is 0 Å². The van der Waals surface area contributed by atoms with Crippen LogP contribution >= 0.6 is 0 Å². The Labute approximate surface area is 193 Å². The van der Waals surface area contributed by atoms with Crippen LogP contribution in [0.4, 0.5) is 0 Å². The van der Waals surface area contributed by atoms with Crippen molar-refractivity contribution in [3.8, 4) is 16.8 Å². The zero-order valence-corrected chi connectivity index (χ0v) is 19.2. The van der Waals surface area contributed by atoms with Crippen LogP contribution in [0, 0.1) is 6.92 Å². The number of hydrogen-bond donors (Lipinski definition) is 0. The SMILES string of the molecule is Cc1ccc(-n2c3ccccc3c3cc4c5c(ccc4cc32)C(C)(C)c2ccccc2-5)cc1. The number of aryl methyl sites for hydroxylation is 1. The first-order valence-corrected chi connectivity index (χ1v) is 11.7. The summed E-state index contributed by atoms with van der Waals surface area (Å²) >= 11 is 0. The highest BCUT2D eigenvalue weighted by Gasteiger charge is 2.36. The van der Waals surface area contributed by atoms with Crippen LogP contribution < -0.4 is 0 Å². The van der Waals surface area contributed by atoms with Gasteiger partial charge in [-0.15, -0.1) is 0 Å². The lowest BCUT2D eigenvalue weighted by Crippen LogP contribution is -2.14.